The number of urea groups is 1. The molecule has 2 heterocycles. The molecular weight excluding hydrogens is 380 g/mol. The lowest BCUT2D eigenvalue weighted by Gasteiger charge is -2.33. The van der Waals surface area contributed by atoms with Gasteiger partial charge < -0.3 is 24.7 Å². The maximum Gasteiger partial charge on any atom is 0.315 e. The van der Waals surface area contributed by atoms with Crippen LogP contribution < -0.4 is 10.6 Å². The Kier molecular flexibility index (Phi) is 8.30. The summed E-state index contributed by atoms with van der Waals surface area (Å²) in [4.78, 5) is 17.1. The van der Waals surface area contributed by atoms with E-state index in [9.17, 15) is 4.79 Å². The summed E-state index contributed by atoms with van der Waals surface area (Å²) >= 11 is 0. The average molecular weight is 415 g/mol. The van der Waals surface area contributed by atoms with Gasteiger partial charge in [0.05, 0.1) is 19.3 Å². The zero-order chi connectivity index (χ0) is 21.3. The predicted molar refractivity (Wildman–Crippen MR) is 118 cm³/mol. The van der Waals surface area contributed by atoms with Gasteiger partial charge >= 0.3 is 6.03 Å². The van der Waals surface area contributed by atoms with Gasteiger partial charge in [-0.15, -0.1) is 0 Å². The van der Waals surface area contributed by atoms with E-state index in [1.165, 1.54) is 5.56 Å². The van der Waals surface area contributed by atoms with Gasteiger partial charge in [-0.3, -0.25) is 4.90 Å². The van der Waals surface area contributed by atoms with E-state index >= 15 is 0 Å². The van der Waals surface area contributed by atoms with Crippen molar-refractivity contribution in [3.63, 3.8) is 0 Å². The molecule has 0 spiro atoms. The van der Waals surface area contributed by atoms with Gasteiger partial charge in [0.1, 0.15) is 11.5 Å². The van der Waals surface area contributed by atoms with Gasteiger partial charge in [0.2, 0.25) is 0 Å². The second-order valence-electron chi connectivity index (χ2n) is 8.12. The number of hydrogen-bond donors (Lipinski definition) is 2. The largest absolute Gasteiger partial charge is 0.465 e. The second-order valence-corrected chi connectivity index (χ2v) is 8.12. The molecule has 30 heavy (non-hydrogen) atoms. The number of benzene rings is 1. The van der Waals surface area contributed by atoms with Crippen molar-refractivity contribution in [2.24, 2.45) is 0 Å². The molecule has 1 aliphatic heterocycles. The Labute approximate surface area is 179 Å². The average Bonchev–Trinajstić information content (AvgIpc) is 3.15. The highest BCUT2D eigenvalue weighted by atomic mass is 16.5. The number of nitrogens with one attached hydrogen (secondary N) is 2. The van der Waals surface area contributed by atoms with Crippen molar-refractivity contribution in [2.45, 2.75) is 25.4 Å². The molecule has 1 aliphatic rings. The number of aryl methyl sites for hydroxylation is 1. The molecule has 1 aromatic carbocycles. The maximum absolute atomic E-state index is 12.7. The van der Waals surface area contributed by atoms with E-state index in [0.717, 1.165) is 37.6 Å². The number of rotatable bonds is 9. The third-order valence-electron chi connectivity index (χ3n) is 5.28. The standard InChI is InChI=1S/C23H34N4O3/c1-18-9-10-22(30-18)21(27-11-13-29-14-12-27)16-24-23(28)25-20(17-26(2)3)15-19-7-5-4-6-8-19/h4-10,20-21H,11-17H2,1-3H3,(H2,24,25,28). The number of hydrogen-bond acceptors (Lipinski definition) is 5. The first-order valence-corrected chi connectivity index (χ1v) is 10.6. The van der Waals surface area contributed by atoms with Crippen LogP contribution in [0.3, 0.4) is 0 Å². The van der Waals surface area contributed by atoms with Gasteiger partial charge in [0, 0.05) is 32.2 Å². The molecule has 7 heteroatoms. The van der Waals surface area contributed by atoms with Gasteiger partial charge in [-0.25, -0.2) is 4.79 Å². The summed E-state index contributed by atoms with van der Waals surface area (Å²) in [5.41, 5.74) is 1.21. The van der Waals surface area contributed by atoms with Crippen molar-refractivity contribution in [1.82, 2.24) is 20.4 Å². The van der Waals surface area contributed by atoms with Crippen LogP contribution in [-0.2, 0) is 11.2 Å². The summed E-state index contributed by atoms with van der Waals surface area (Å²) in [5, 5.41) is 6.21. The number of morpholine rings is 1. The molecule has 0 bridgehead atoms. The van der Waals surface area contributed by atoms with E-state index < -0.39 is 0 Å². The Balaban J connectivity index is 1.60. The maximum atomic E-state index is 12.7. The minimum atomic E-state index is -0.153. The van der Waals surface area contributed by atoms with Crippen LogP contribution in [0.1, 0.15) is 23.1 Å². The van der Waals surface area contributed by atoms with E-state index in [1.807, 2.05) is 51.4 Å². The van der Waals surface area contributed by atoms with Crippen molar-refractivity contribution in [3.8, 4) is 0 Å². The molecular formula is C23H34N4O3. The Hall–Kier alpha value is -2.35. The van der Waals surface area contributed by atoms with Crippen molar-refractivity contribution in [3.05, 3.63) is 59.5 Å². The molecule has 2 unspecified atom stereocenters. The smallest absolute Gasteiger partial charge is 0.315 e. The highest BCUT2D eigenvalue weighted by Gasteiger charge is 2.26. The second kappa shape index (κ2) is 11.2. The molecule has 0 saturated carbocycles. The Bertz CT molecular complexity index is 772. The first-order valence-electron chi connectivity index (χ1n) is 10.6. The summed E-state index contributed by atoms with van der Waals surface area (Å²) in [5.74, 6) is 1.76. The van der Waals surface area contributed by atoms with Gasteiger partial charge in [0.25, 0.3) is 0 Å². The number of carbonyl (C=O) groups is 1. The van der Waals surface area contributed by atoms with Crippen LogP contribution in [0, 0.1) is 6.92 Å². The molecule has 2 N–H and O–H groups in total. The minimum Gasteiger partial charge on any atom is -0.465 e. The number of nitrogens with zero attached hydrogens (tertiary/aromatic N) is 2. The molecule has 3 rings (SSSR count). The lowest BCUT2D eigenvalue weighted by molar-refractivity contribution is 0.0121. The van der Waals surface area contributed by atoms with Crippen molar-refractivity contribution in [2.75, 3.05) is 53.5 Å². The van der Waals surface area contributed by atoms with Crippen LogP contribution >= 0.6 is 0 Å². The molecule has 2 atom stereocenters. The van der Waals surface area contributed by atoms with E-state index in [0.29, 0.717) is 19.8 Å². The normalized spacial score (nSPS) is 16.9. The van der Waals surface area contributed by atoms with E-state index in [2.05, 4.69) is 32.6 Å². The summed E-state index contributed by atoms with van der Waals surface area (Å²) in [6, 6.07) is 14.1. The molecule has 0 aliphatic carbocycles. The predicted octanol–water partition coefficient (Wildman–Crippen LogP) is 2.43. The molecule has 7 nitrogen and oxygen atoms in total. The van der Waals surface area contributed by atoms with E-state index in [4.69, 9.17) is 9.15 Å². The van der Waals surface area contributed by atoms with Gasteiger partial charge in [-0.05, 0) is 45.1 Å². The van der Waals surface area contributed by atoms with Crippen LogP contribution in [0.15, 0.2) is 46.9 Å². The van der Waals surface area contributed by atoms with E-state index in [1.54, 1.807) is 0 Å². The van der Waals surface area contributed by atoms with Crippen molar-refractivity contribution in [1.29, 1.82) is 0 Å². The van der Waals surface area contributed by atoms with Crippen molar-refractivity contribution >= 4 is 6.03 Å². The van der Waals surface area contributed by atoms with Crippen LogP contribution in [-0.4, -0.2) is 75.4 Å². The first-order chi connectivity index (χ1) is 14.5. The monoisotopic (exact) mass is 414 g/mol. The molecule has 1 fully saturated rings. The molecule has 2 aromatic rings. The SMILES string of the molecule is Cc1ccc(C(CNC(=O)NC(Cc2ccccc2)CN(C)C)N2CCOCC2)o1. The molecule has 1 saturated heterocycles. The topological polar surface area (TPSA) is 70.0 Å². The summed E-state index contributed by atoms with van der Waals surface area (Å²) in [7, 11) is 4.04. The first kappa shape index (κ1) is 22.3. The fourth-order valence-corrected chi connectivity index (χ4v) is 3.86. The van der Waals surface area contributed by atoms with E-state index in [-0.39, 0.29) is 18.1 Å². The van der Waals surface area contributed by atoms with Crippen LogP contribution in [0.25, 0.3) is 0 Å². The lowest BCUT2D eigenvalue weighted by atomic mass is 10.1. The van der Waals surface area contributed by atoms with Gasteiger partial charge in [-0.2, -0.15) is 0 Å². The quantitative estimate of drug-likeness (QED) is 0.660. The zero-order valence-electron chi connectivity index (χ0n) is 18.3. The summed E-state index contributed by atoms with van der Waals surface area (Å²) in [6.07, 6.45) is 0.788. The van der Waals surface area contributed by atoms with Crippen molar-refractivity contribution < 1.29 is 13.9 Å². The van der Waals surface area contributed by atoms with Crippen LogP contribution in [0.4, 0.5) is 4.79 Å². The van der Waals surface area contributed by atoms with Gasteiger partial charge in [0.15, 0.2) is 0 Å². The minimum absolute atomic E-state index is 0.00484. The third kappa shape index (κ3) is 6.86. The van der Waals surface area contributed by atoms with Gasteiger partial charge in [-0.1, -0.05) is 30.3 Å². The van der Waals surface area contributed by atoms with Crippen LogP contribution in [0.2, 0.25) is 0 Å². The molecule has 1 aromatic heterocycles. The number of ether oxygens (including phenoxy) is 1. The Morgan fingerprint density at radius 3 is 2.50 bits per heavy atom. The fraction of sp³-hybridized carbons (Fsp3) is 0.522. The zero-order valence-corrected chi connectivity index (χ0v) is 18.3. The lowest BCUT2D eigenvalue weighted by Crippen LogP contribution is -2.50. The Morgan fingerprint density at radius 2 is 1.87 bits per heavy atom. The Morgan fingerprint density at radius 1 is 1.13 bits per heavy atom. The highest BCUT2D eigenvalue weighted by Crippen LogP contribution is 2.23. The number of carbonyl (C=O) groups excluding carboxylic acids is 1. The highest BCUT2D eigenvalue weighted by molar-refractivity contribution is 5.74. The molecule has 0 radical (unpaired) electrons. The fourth-order valence-electron chi connectivity index (χ4n) is 3.86. The number of amides is 2. The third-order valence-corrected chi connectivity index (χ3v) is 5.28. The summed E-state index contributed by atoms with van der Waals surface area (Å²) < 4.78 is 11.4. The number of likely N-dealkylation sites (N-methyl/N-ethyl adjacent to an activating group) is 1. The molecule has 164 valence electrons. The molecule has 2 amide bonds. The summed E-state index contributed by atoms with van der Waals surface area (Å²) in [6.45, 7) is 6.24. The van der Waals surface area contributed by atoms with Crippen LogP contribution in [0.5, 0.6) is 0 Å². The number of furan rings is 1.